The van der Waals surface area contributed by atoms with Gasteiger partial charge in [0.15, 0.2) is 23.1 Å². The van der Waals surface area contributed by atoms with E-state index in [1.165, 1.54) is 6.07 Å². The average molecular weight is 400 g/mol. The Morgan fingerprint density at radius 1 is 1.14 bits per heavy atom. The number of fused-ring (bicyclic) bond motifs is 1. The number of rotatable bonds is 6. The minimum atomic E-state index is -0.547. The molecule has 9 heteroatoms. The van der Waals surface area contributed by atoms with Gasteiger partial charge in [0.2, 0.25) is 0 Å². The van der Waals surface area contributed by atoms with Crippen molar-refractivity contribution in [2.75, 3.05) is 11.9 Å². The minimum absolute atomic E-state index is 0.107. The van der Waals surface area contributed by atoms with Gasteiger partial charge in [-0.05, 0) is 37.2 Å². The van der Waals surface area contributed by atoms with Crippen LogP contribution in [0.4, 0.5) is 14.6 Å². The smallest absolute Gasteiger partial charge is 0.183 e. The topological polar surface area (TPSA) is 96.5 Å². The summed E-state index contributed by atoms with van der Waals surface area (Å²) >= 11 is 0. The first-order chi connectivity index (χ1) is 14.1. The highest BCUT2D eigenvalue weighted by Gasteiger charge is 2.20. The van der Waals surface area contributed by atoms with Crippen molar-refractivity contribution in [3.05, 3.63) is 30.1 Å². The summed E-state index contributed by atoms with van der Waals surface area (Å²) in [6, 6.07) is 1.29. The molecule has 0 aromatic carbocycles. The van der Waals surface area contributed by atoms with Crippen LogP contribution in [0, 0.1) is 23.5 Å². The number of hydrogen-bond acceptors (Lipinski definition) is 6. The second kappa shape index (κ2) is 8.59. The first-order valence-corrected chi connectivity index (χ1v) is 9.84. The van der Waals surface area contributed by atoms with E-state index in [0.717, 1.165) is 50.8 Å². The Hall–Kier alpha value is -2.97. The van der Waals surface area contributed by atoms with Crippen LogP contribution < -0.4 is 5.32 Å². The molecule has 0 spiro atoms. The highest BCUT2D eigenvalue weighted by Crippen LogP contribution is 2.29. The van der Waals surface area contributed by atoms with Gasteiger partial charge < -0.3 is 10.1 Å². The SMILES string of the molecule is O=CCC1CCCC(CNc2nc(-c3[nH]nc4ncc(F)cc34)ncc2F)CC1. The van der Waals surface area contributed by atoms with E-state index in [4.69, 9.17) is 0 Å². The second-order valence-corrected chi connectivity index (χ2v) is 7.54. The summed E-state index contributed by atoms with van der Waals surface area (Å²) in [6.07, 6.45) is 8.99. The van der Waals surface area contributed by atoms with Gasteiger partial charge in [-0.2, -0.15) is 5.10 Å². The normalized spacial score (nSPS) is 19.8. The first-order valence-electron chi connectivity index (χ1n) is 9.84. The lowest BCUT2D eigenvalue weighted by molar-refractivity contribution is -0.108. The van der Waals surface area contributed by atoms with Gasteiger partial charge >= 0.3 is 0 Å². The molecule has 3 aromatic rings. The first kappa shape index (κ1) is 19.4. The van der Waals surface area contributed by atoms with Crippen LogP contribution in [0.5, 0.6) is 0 Å². The van der Waals surface area contributed by atoms with Crippen molar-refractivity contribution < 1.29 is 13.6 Å². The largest absolute Gasteiger partial charge is 0.367 e. The molecule has 1 aliphatic rings. The van der Waals surface area contributed by atoms with E-state index in [9.17, 15) is 13.6 Å². The van der Waals surface area contributed by atoms with Crippen LogP contribution in [-0.4, -0.2) is 38.0 Å². The Kier molecular flexibility index (Phi) is 5.73. The summed E-state index contributed by atoms with van der Waals surface area (Å²) in [5.74, 6) is 0.140. The second-order valence-electron chi connectivity index (χ2n) is 7.54. The molecular weight excluding hydrogens is 378 g/mol. The van der Waals surface area contributed by atoms with Crippen LogP contribution in [-0.2, 0) is 4.79 Å². The van der Waals surface area contributed by atoms with Crippen LogP contribution in [0.15, 0.2) is 18.5 Å². The summed E-state index contributed by atoms with van der Waals surface area (Å²) in [5, 5.41) is 10.3. The maximum Gasteiger partial charge on any atom is 0.183 e. The lowest BCUT2D eigenvalue weighted by Crippen LogP contribution is -2.16. The van der Waals surface area contributed by atoms with Crippen molar-refractivity contribution in [3.8, 4) is 11.5 Å². The van der Waals surface area contributed by atoms with Gasteiger partial charge in [-0.25, -0.2) is 23.7 Å². The third-order valence-electron chi connectivity index (χ3n) is 5.54. The monoisotopic (exact) mass is 400 g/mol. The molecule has 0 saturated heterocycles. The third-order valence-corrected chi connectivity index (χ3v) is 5.54. The number of H-pyrrole nitrogens is 1. The number of hydrogen-bond donors (Lipinski definition) is 2. The highest BCUT2D eigenvalue weighted by molar-refractivity contribution is 5.88. The molecule has 7 nitrogen and oxygen atoms in total. The summed E-state index contributed by atoms with van der Waals surface area (Å²) in [5.41, 5.74) is 0.730. The number of nitrogens with one attached hydrogen (secondary N) is 2. The lowest BCUT2D eigenvalue weighted by Gasteiger charge is -2.16. The van der Waals surface area contributed by atoms with E-state index in [-0.39, 0.29) is 11.6 Å². The van der Waals surface area contributed by atoms with Crippen LogP contribution in [0.3, 0.4) is 0 Å². The fraction of sp³-hybridized carbons (Fsp3) is 0.450. The Labute approximate surface area is 166 Å². The zero-order valence-corrected chi connectivity index (χ0v) is 15.9. The quantitative estimate of drug-likeness (QED) is 0.481. The molecule has 1 aliphatic carbocycles. The fourth-order valence-corrected chi connectivity index (χ4v) is 3.93. The maximum absolute atomic E-state index is 14.3. The summed E-state index contributed by atoms with van der Waals surface area (Å²) in [7, 11) is 0. The molecule has 0 radical (unpaired) electrons. The van der Waals surface area contributed by atoms with Crippen LogP contribution in [0.1, 0.15) is 38.5 Å². The van der Waals surface area contributed by atoms with E-state index in [2.05, 4.69) is 30.5 Å². The molecule has 0 bridgehead atoms. The fourth-order valence-electron chi connectivity index (χ4n) is 3.93. The Balaban J connectivity index is 1.49. The van der Waals surface area contributed by atoms with Crippen molar-refractivity contribution in [2.24, 2.45) is 11.8 Å². The van der Waals surface area contributed by atoms with Crippen molar-refractivity contribution >= 4 is 23.1 Å². The standard InChI is InChI=1S/C20H22F2N6O/c21-14-8-15-17(27-28-18(15)24-10-14)20-25-11-16(22)19(26-20)23-9-13-3-1-2-12(4-5-13)6-7-29/h7-8,10-13H,1-6,9H2,(H,23,25,26)(H,24,27,28). The Morgan fingerprint density at radius 3 is 2.83 bits per heavy atom. The van der Waals surface area contributed by atoms with Gasteiger partial charge in [-0.3, -0.25) is 5.10 Å². The van der Waals surface area contributed by atoms with Crippen LogP contribution in [0.2, 0.25) is 0 Å². The zero-order chi connectivity index (χ0) is 20.2. The number of aromatic amines is 1. The molecule has 1 fully saturated rings. The van der Waals surface area contributed by atoms with E-state index < -0.39 is 11.6 Å². The van der Waals surface area contributed by atoms with Gasteiger partial charge in [0, 0.05) is 13.0 Å². The lowest BCUT2D eigenvalue weighted by atomic mass is 9.96. The van der Waals surface area contributed by atoms with E-state index in [0.29, 0.717) is 41.5 Å². The van der Waals surface area contributed by atoms with Crippen LogP contribution >= 0.6 is 0 Å². The highest BCUT2D eigenvalue weighted by atomic mass is 19.1. The minimum Gasteiger partial charge on any atom is -0.367 e. The number of aldehydes is 1. The Bertz CT molecular complexity index is 1010. The molecule has 1 saturated carbocycles. The van der Waals surface area contributed by atoms with E-state index in [1.54, 1.807) is 0 Å². The summed E-state index contributed by atoms with van der Waals surface area (Å²) in [4.78, 5) is 23.0. The number of carbonyl (C=O) groups excluding carboxylic acids is 1. The molecule has 0 amide bonds. The molecule has 4 rings (SSSR count). The Morgan fingerprint density at radius 2 is 1.97 bits per heavy atom. The number of halogens is 2. The predicted molar refractivity (Wildman–Crippen MR) is 104 cm³/mol. The van der Waals surface area contributed by atoms with Crippen molar-refractivity contribution in [3.63, 3.8) is 0 Å². The molecule has 3 heterocycles. The molecule has 152 valence electrons. The van der Waals surface area contributed by atoms with Crippen molar-refractivity contribution in [1.82, 2.24) is 25.1 Å². The maximum atomic E-state index is 14.3. The number of aromatic nitrogens is 5. The summed E-state index contributed by atoms with van der Waals surface area (Å²) in [6.45, 7) is 0.598. The van der Waals surface area contributed by atoms with Gasteiger partial charge in [0.25, 0.3) is 0 Å². The molecule has 2 atom stereocenters. The van der Waals surface area contributed by atoms with E-state index >= 15 is 0 Å². The average Bonchev–Trinajstić information content (AvgIpc) is 3.00. The number of nitrogens with zero attached hydrogens (tertiary/aromatic N) is 4. The van der Waals surface area contributed by atoms with Crippen molar-refractivity contribution in [2.45, 2.75) is 38.5 Å². The van der Waals surface area contributed by atoms with Crippen LogP contribution in [0.25, 0.3) is 22.6 Å². The molecule has 2 unspecified atom stereocenters. The predicted octanol–water partition coefficient (Wildman–Crippen LogP) is 3.89. The van der Waals surface area contributed by atoms with Gasteiger partial charge in [0.05, 0.1) is 17.8 Å². The molecule has 0 aliphatic heterocycles. The number of pyridine rings is 1. The number of carbonyl (C=O) groups is 1. The van der Waals surface area contributed by atoms with E-state index in [1.807, 2.05) is 0 Å². The summed E-state index contributed by atoms with van der Waals surface area (Å²) < 4.78 is 27.8. The molecule has 29 heavy (non-hydrogen) atoms. The zero-order valence-electron chi connectivity index (χ0n) is 15.9. The molecule has 2 N–H and O–H groups in total. The van der Waals surface area contributed by atoms with Gasteiger partial charge in [-0.15, -0.1) is 0 Å². The molecule has 3 aromatic heterocycles. The van der Waals surface area contributed by atoms with Gasteiger partial charge in [0.1, 0.15) is 17.8 Å². The van der Waals surface area contributed by atoms with Gasteiger partial charge in [-0.1, -0.05) is 12.8 Å². The molecular formula is C20H22F2N6O. The van der Waals surface area contributed by atoms with Crippen molar-refractivity contribution in [1.29, 1.82) is 0 Å². The third kappa shape index (κ3) is 4.38. The number of anilines is 1.